The Balaban J connectivity index is 2.13. The molecule has 0 saturated carbocycles. The van der Waals surface area contributed by atoms with Crippen LogP contribution in [0.5, 0.6) is 5.75 Å². The molecule has 0 saturated heterocycles. The lowest BCUT2D eigenvalue weighted by molar-refractivity contribution is -0.139. The Kier molecular flexibility index (Phi) is 10.5. The van der Waals surface area contributed by atoms with E-state index in [0.29, 0.717) is 21.7 Å². The second-order valence-corrected chi connectivity index (χ2v) is 11.7. The molecule has 0 heterocycles. The van der Waals surface area contributed by atoms with Gasteiger partial charge in [0.1, 0.15) is 18.3 Å². The summed E-state index contributed by atoms with van der Waals surface area (Å²) in [6, 6.07) is 13.9. The summed E-state index contributed by atoms with van der Waals surface area (Å²) in [7, 11) is -3.09. The van der Waals surface area contributed by atoms with E-state index >= 15 is 0 Å². The van der Waals surface area contributed by atoms with E-state index in [1.165, 1.54) is 38.3 Å². The molecule has 0 bridgehead atoms. The van der Waals surface area contributed by atoms with E-state index in [1.54, 1.807) is 38.1 Å². The van der Waals surface area contributed by atoms with Gasteiger partial charge in [-0.2, -0.15) is 13.2 Å². The lowest BCUT2D eigenvalue weighted by atomic mass is 10.1. The van der Waals surface area contributed by atoms with Gasteiger partial charge in [0.15, 0.2) is 0 Å². The highest BCUT2D eigenvalue weighted by Gasteiger charge is 2.37. The minimum Gasteiger partial charge on any atom is -0.497 e. The van der Waals surface area contributed by atoms with Crippen molar-refractivity contribution in [2.75, 3.05) is 24.5 Å². The van der Waals surface area contributed by atoms with Crippen LogP contribution in [0.2, 0.25) is 5.02 Å². The lowest BCUT2D eigenvalue weighted by Gasteiger charge is -2.32. The molecule has 0 aliphatic heterocycles. The highest BCUT2D eigenvalue weighted by Crippen LogP contribution is 2.38. The van der Waals surface area contributed by atoms with Crippen molar-refractivity contribution in [1.29, 1.82) is 0 Å². The van der Waals surface area contributed by atoms with Gasteiger partial charge in [-0.15, -0.1) is 0 Å². The third-order valence-electron chi connectivity index (χ3n) is 6.44. The molecule has 8 nitrogen and oxygen atoms in total. The van der Waals surface area contributed by atoms with Crippen molar-refractivity contribution in [3.05, 3.63) is 88.4 Å². The van der Waals surface area contributed by atoms with Crippen LogP contribution in [0.15, 0.2) is 71.6 Å². The summed E-state index contributed by atoms with van der Waals surface area (Å²) >= 11 is 5.79. The molecular weight excluding hydrogens is 595 g/mol. The number of hydrogen-bond acceptors (Lipinski definition) is 5. The molecule has 0 fully saturated rings. The van der Waals surface area contributed by atoms with Crippen molar-refractivity contribution in [2.24, 2.45) is 0 Å². The molecule has 3 rings (SSSR count). The average molecular weight is 626 g/mol. The summed E-state index contributed by atoms with van der Waals surface area (Å²) in [5.74, 6) is -0.821. The number of benzene rings is 3. The first-order chi connectivity index (χ1) is 19.7. The summed E-state index contributed by atoms with van der Waals surface area (Å²) in [6.45, 7) is 4.19. The number of hydrogen-bond donors (Lipinski definition) is 1. The van der Waals surface area contributed by atoms with E-state index in [1.807, 2.05) is 0 Å². The molecular formula is C29H31ClF3N3O5S. The van der Waals surface area contributed by atoms with Crippen LogP contribution in [-0.2, 0) is 32.3 Å². The van der Waals surface area contributed by atoms with Crippen LogP contribution in [0.1, 0.15) is 30.5 Å². The van der Waals surface area contributed by atoms with Gasteiger partial charge in [0.2, 0.25) is 11.8 Å². The van der Waals surface area contributed by atoms with E-state index in [-0.39, 0.29) is 18.0 Å². The fraction of sp³-hybridized carbons (Fsp3) is 0.310. The number of methoxy groups -OCH3 is 1. The predicted octanol–water partition coefficient (Wildman–Crippen LogP) is 5.42. The second-order valence-electron chi connectivity index (χ2n) is 9.43. The first-order valence-corrected chi connectivity index (χ1v) is 14.7. The van der Waals surface area contributed by atoms with Crippen LogP contribution in [-0.4, -0.2) is 51.4 Å². The number of ether oxygens (including phenoxy) is 1. The molecule has 0 aromatic heterocycles. The number of anilines is 1. The molecule has 3 aromatic carbocycles. The number of sulfonamides is 1. The van der Waals surface area contributed by atoms with Crippen molar-refractivity contribution >= 4 is 39.1 Å². The minimum absolute atomic E-state index is 0.110. The zero-order valence-electron chi connectivity index (χ0n) is 23.4. The topological polar surface area (TPSA) is 96.0 Å². The number of rotatable bonds is 11. The van der Waals surface area contributed by atoms with Crippen LogP contribution in [0.4, 0.5) is 18.9 Å². The normalized spacial score (nSPS) is 12.4. The smallest absolute Gasteiger partial charge is 0.417 e. The Bertz CT molecular complexity index is 1530. The third kappa shape index (κ3) is 7.74. The zero-order valence-corrected chi connectivity index (χ0v) is 25.0. The number of halogens is 4. The second kappa shape index (κ2) is 13.5. The molecule has 13 heteroatoms. The summed E-state index contributed by atoms with van der Waals surface area (Å²) in [6.07, 6.45) is -4.89. The fourth-order valence-electron chi connectivity index (χ4n) is 4.12. The highest BCUT2D eigenvalue weighted by molar-refractivity contribution is 7.92. The Hall–Kier alpha value is -3.77. The maximum absolute atomic E-state index is 13.9. The molecule has 1 N–H and O–H groups in total. The molecule has 0 aliphatic rings. The third-order valence-corrected chi connectivity index (χ3v) is 8.55. The number of likely N-dealkylation sites (N-methyl/N-ethyl adjacent to an activating group) is 1. The molecule has 3 aromatic rings. The van der Waals surface area contributed by atoms with Gasteiger partial charge in [0, 0.05) is 13.1 Å². The maximum atomic E-state index is 13.9. The molecule has 0 unspecified atom stereocenters. The molecule has 2 amide bonds. The Labute approximate surface area is 248 Å². The van der Waals surface area contributed by atoms with Crippen molar-refractivity contribution in [3.63, 3.8) is 0 Å². The number of amides is 2. The largest absolute Gasteiger partial charge is 0.497 e. The van der Waals surface area contributed by atoms with Crippen molar-refractivity contribution in [3.8, 4) is 5.75 Å². The SMILES string of the molecule is CCNC(=O)[C@H](C)N(Cc1cccc(OC)c1)C(=O)CN(c1ccc(Cl)c(C(F)(F)F)c1)S(=O)(=O)c1ccc(C)cc1. The highest BCUT2D eigenvalue weighted by atomic mass is 35.5. The predicted molar refractivity (Wildman–Crippen MR) is 154 cm³/mol. The Morgan fingerprint density at radius 2 is 1.71 bits per heavy atom. The van der Waals surface area contributed by atoms with Crippen LogP contribution in [0.3, 0.4) is 0 Å². The first kappa shape index (κ1) is 32.7. The van der Waals surface area contributed by atoms with Crippen molar-refractivity contribution in [2.45, 2.75) is 44.4 Å². The van der Waals surface area contributed by atoms with E-state index < -0.39 is 56.9 Å². The monoisotopic (exact) mass is 625 g/mol. The van der Waals surface area contributed by atoms with Crippen molar-refractivity contribution in [1.82, 2.24) is 10.2 Å². The number of carbonyl (C=O) groups is 2. The van der Waals surface area contributed by atoms with Gasteiger partial charge in [-0.25, -0.2) is 8.42 Å². The van der Waals surface area contributed by atoms with E-state index in [9.17, 15) is 31.2 Å². The number of alkyl halides is 3. The lowest BCUT2D eigenvalue weighted by Crippen LogP contribution is -2.51. The minimum atomic E-state index is -4.89. The maximum Gasteiger partial charge on any atom is 0.417 e. The molecule has 1 atom stereocenters. The van der Waals surface area contributed by atoms with Crippen LogP contribution in [0.25, 0.3) is 0 Å². The van der Waals surface area contributed by atoms with Crippen LogP contribution >= 0.6 is 11.6 Å². The number of aryl methyl sites for hydroxylation is 1. The zero-order chi connectivity index (χ0) is 31.2. The van der Waals surface area contributed by atoms with Gasteiger partial charge in [-0.1, -0.05) is 41.4 Å². The van der Waals surface area contributed by atoms with Crippen LogP contribution < -0.4 is 14.4 Å². The number of nitrogens with one attached hydrogen (secondary N) is 1. The summed E-state index contributed by atoms with van der Waals surface area (Å²) in [5, 5.41) is 2.01. The van der Waals surface area contributed by atoms with Gasteiger partial charge in [-0.3, -0.25) is 13.9 Å². The standard InChI is InChI=1S/C29H31ClF3N3O5S/c1-5-34-28(38)20(3)35(17-21-7-6-8-23(15-21)41-4)27(37)18-36(42(39,40)24-12-9-19(2)10-13-24)22-11-14-26(30)25(16-22)29(31,32)33/h6-16,20H,5,17-18H2,1-4H3,(H,34,38)/t20-/m0/s1. The van der Waals surface area contributed by atoms with Gasteiger partial charge in [-0.05, 0) is 68.8 Å². The molecule has 0 spiro atoms. The van der Waals surface area contributed by atoms with E-state index in [2.05, 4.69) is 5.32 Å². The Morgan fingerprint density at radius 3 is 2.31 bits per heavy atom. The molecule has 226 valence electrons. The number of carbonyl (C=O) groups excluding carboxylic acids is 2. The van der Waals surface area contributed by atoms with E-state index in [4.69, 9.17) is 16.3 Å². The van der Waals surface area contributed by atoms with Gasteiger partial charge in [0.05, 0.1) is 28.3 Å². The number of nitrogens with zero attached hydrogens (tertiary/aromatic N) is 2. The molecule has 42 heavy (non-hydrogen) atoms. The fourth-order valence-corrected chi connectivity index (χ4v) is 5.75. The quantitative estimate of drug-likeness (QED) is 0.307. The average Bonchev–Trinajstić information content (AvgIpc) is 2.94. The first-order valence-electron chi connectivity index (χ1n) is 12.8. The summed E-state index contributed by atoms with van der Waals surface area (Å²) in [4.78, 5) is 27.6. The summed E-state index contributed by atoms with van der Waals surface area (Å²) < 4.78 is 74.7. The summed E-state index contributed by atoms with van der Waals surface area (Å²) in [5.41, 5.74) is -0.352. The van der Waals surface area contributed by atoms with Crippen molar-refractivity contribution < 1.29 is 35.9 Å². The van der Waals surface area contributed by atoms with E-state index in [0.717, 1.165) is 22.6 Å². The van der Waals surface area contributed by atoms with Crippen LogP contribution in [0, 0.1) is 6.92 Å². The van der Waals surface area contributed by atoms with Gasteiger partial charge < -0.3 is 15.0 Å². The van der Waals surface area contributed by atoms with Gasteiger partial charge in [0.25, 0.3) is 10.0 Å². The molecule has 0 aliphatic carbocycles. The molecule has 0 radical (unpaired) electrons. The van der Waals surface area contributed by atoms with Gasteiger partial charge >= 0.3 is 6.18 Å². The Morgan fingerprint density at radius 1 is 1.05 bits per heavy atom.